The molecule has 2 atom stereocenters. The number of carbonyl (C=O) groups excluding carboxylic acids is 2. The third-order valence-electron chi connectivity index (χ3n) is 5.15. The van der Waals surface area contributed by atoms with Gasteiger partial charge in [-0.1, -0.05) is 27.2 Å². The zero-order valence-electron chi connectivity index (χ0n) is 13.3. The van der Waals surface area contributed by atoms with Crippen LogP contribution < -0.4 is 5.32 Å². The topological polar surface area (TPSA) is 49.4 Å². The highest BCUT2D eigenvalue weighted by Gasteiger charge is 2.51. The molecule has 2 unspecified atom stereocenters. The maximum absolute atomic E-state index is 12.8. The lowest BCUT2D eigenvalue weighted by Crippen LogP contribution is -2.69. The molecule has 2 rings (SSSR count). The van der Waals surface area contributed by atoms with Crippen LogP contribution >= 0.6 is 0 Å². The maximum Gasteiger partial charge on any atom is 0.248 e. The van der Waals surface area contributed by atoms with Crippen molar-refractivity contribution in [1.29, 1.82) is 0 Å². The van der Waals surface area contributed by atoms with Crippen LogP contribution in [0.1, 0.15) is 66.2 Å². The van der Waals surface area contributed by atoms with E-state index < -0.39 is 5.54 Å². The Hall–Kier alpha value is -1.06. The molecule has 0 bridgehead atoms. The summed E-state index contributed by atoms with van der Waals surface area (Å²) in [6, 6.07) is -0.281. The average Bonchev–Trinajstić information content (AvgIpc) is 3.16. The first-order chi connectivity index (χ1) is 9.41. The molecule has 1 N–H and O–H groups in total. The summed E-state index contributed by atoms with van der Waals surface area (Å²) in [6.45, 7) is 8.76. The van der Waals surface area contributed by atoms with Crippen molar-refractivity contribution < 1.29 is 9.59 Å². The van der Waals surface area contributed by atoms with Gasteiger partial charge in [-0.05, 0) is 44.4 Å². The smallest absolute Gasteiger partial charge is 0.248 e. The number of piperazine rings is 1. The molecule has 4 nitrogen and oxygen atoms in total. The quantitative estimate of drug-likeness (QED) is 0.812. The van der Waals surface area contributed by atoms with Gasteiger partial charge in [-0.15, -0.1) is 0 Å². The first kappa shape index (κ1) is 15.3. The fourth-order valence-electron chi connectivity index (χ4n) is 3.39. The van der Waals surface area contributed by atoms with Gasteiger partial charge in [-0.2, -0.15) is 0 Å². The molecule has 1 aliphatic heterocycles. The van der Waals surface area contributed by atoms with E-state index in [2.05, 4.69) is 12.2 Å². The van der Waals surface area contributed by atoms with Gasteiger partial charge in [0.2, 0.25) is 11.8 Å². The monoisotopic (exact) mass is 280 g/mol. The fourth-order valence-corrected chi connectivity index (χ4v) is 3.39. The van der Waals surface area contributed by atoms with Gasteiger partial charge in [-0.25, -0.2) is 0 Å². The van der Waals surface area contributed by atoms with Gasteiger partial charge in [0.1, 0.15) is 11.6 Å². The number of rotatable bonds is 6. The minimum atomic E-state index is -0.717. The fraction of sp³-hybridized carbons (Fsp3) is 0.875. The zero-order chi connectivity index (χ0) is 15.0. The van der Waals surface area contributed by atoms with Gasteiger partial charge >= 0.3 is 0 Å². The number of hydrogen-bond acceptors (Lipinski definition) is 2. The first-order valence-corrected chi connectivity index (χ1v) is 8.04. The normalized spacial score (nSPS) is 32.2. The van der Waals surface area contributed by atoms with Crippen LogP contribution in [0.4, 0.5) is 0 Å². The molecule has 4 heteroatoms. The molecule has 1 saturated carbocycles. The Labute approximate surface area is 122 Å². The predicted molar refractivity (Wildman–Crippen MR) is 79.2 cm³/mol. The highest BCUT2D eigenvalue weighted by atomic mass is 16.2. The van der Waals surface area contributed by atoms with Gasteiger partial charge < -0.3 is 10.2 Å². The summed E-state index contributed by atoms with van der Waals surface area (Å²) in [7, 11) is 0. The van der Waals surface area contributed by atoms with Crippen LogP contribution in [-0.2, 0) is 9.59 Å². The van der Waals surface area contributed by atoms with Crippen molar-refractivity contribution in [2.24, 2.45) is 5.41 Å². The second-order valence-corrected chi connectivity index (χ2v) is 6.78. The summed E-state index contributed by atoms with van der Waals surface area (Å²) in [5.41, 5.74) is -0.421. The largest absolute Gasteiger partial charge is 0.340 e. The van der Waals surface area contributed by atoms with Crippen LogP contribution in [0.25, 0.3) is 0 Å². The second kappa shape index (κ2) is 5.38. The second-order valence-electron chi connectivity index (χ2n) is 6.78. The minimum Gasteiger partial charge on any atom is -0.340 e. The van der Waals surface area contributed by atoms with E-state index in [1.165, 1.54) is 12.8 Å². The first-order valence-electron chi connectivity index (χ1n) is 8.04. The third kappa shape index (κ3) is 2.57. The molecule has 1 heterocycles. The molecule has 0 aromatic carbocycles. The Morgan fingerprint density at radius 1 is 1.25 bits per heavy atom. The third-order valence-corrected chi connectivity index (χ3v) is 5.15. The molecule has 2 aliphatic rings. The van der Waals surface area contributed by atoms with Crippen molar-refractivity contribution in [2.45, 2.75) is 77.8 Å². The number of amides is 2. The molecular formula is C16H28N2O2. The van der Waals surface area contributed by atoms with E-state index in [1.807, 2.05) is 25.7 Å². The Kier molecular flexibility index (Phi) is 4.12. The lowest BCUT2D eigenvalue weighted by atomic mass is 9.89. The molecule has 0 spiro atoms. The van der Waals surface area contributed by atoms with Crippen molar-refractivity contribution in [2.75, 3.05) is 6.54 Å². The van der Waals surface area contributed by atoms with Crippen LogP contribution in [0.3, 0.4) is 0 Å². The van der Waals surface area contributed by atoms with Gasteiger partial charge in [-0.3, -0.25) is 9.59 Å². The molecule has 1 saturated heterocycles. The number of hydrogen-bond donors (Lipinski definition) is 1. The highest BCUT2D eigenvalue weighted by molar-refractivity contribution is 5.99. The van der Waals surface area contributed by atoms with Gasteiger partial charge in [0, 0.05) is 6.54 Å². The molecule has 20 heavy (non-hydrogen) atoms. The molecule has 0 aromatic heterocycles. The zero-order valence-corrected chi connectivity index (χ0v) is 13.3. The lowest BCUT2D eigenvalue weighted by molar-refractivity contribution is -0.155. The summed E-state index contributed by atoms with van der Waals surface area (Å²) < 4.78 is 0. The molecule has 2 amide bonds. The molecule has 0 aromatic rings. The summed E-state index contributed by atoms with van der Waals surface area (Å²) in [5.74, 6) is 0.123. The van der Waals surface area contributed by atoms with Crippen LogP contribution in [0.5, 0.6) is 0 Å². The summed E-state index contributed by atoms with van der Waals surface area (Å²) in [4.78, 5) is 27.0. The van der Waals surface area contributed by atoms with Crippen molar-refractivity contribution in [3.05, 3.63) is 0 Å². The van der Waals surface area contributed by atoms with Crippen molar-refractivity contribution >= 4 is 11.8 Å². The predicted octanol–water partition coefficient (Wildman–Crippen LogP) is 2.47. The minimum absolute atomic E-state index is 0.0174. The van der Waals surface area contributed by atoms with E-state index in [0.29, 0.717) is 18.3 Å². The SMILES string of the molecule is CCCC1(CN2C(=O)C(C)(CC)NC(=O)C2CC)CC1. The Balaban J connectivity index is 2.21. The maximum atomic E-state index is 12.8. The van der Waals surface area contributed by atoms with Crippen LogP contribution in [0, 0.1) is 5.41 Å². The van der Waals surface area contributed by atoms with E-state index in [-0.39, 0.29) is 17.9 Å². The molecule has 2 fully saturated rings. The van der Waals surface area contributed by atoms with Crippen molar-refractivity contribution in [3.8, 4) is 0 Å². The van der Waals surface area contributed by atoms with E-state index in [4.69, 9.17) is 0 Å². The summed E-state index contributed by atoms with van der Waals surface area (Å²) in [5, 5.41) is 2.93. The molecule has 0 radical (unpaired) electrons. The van der Waals surface area contributed by atoms with Crippen LogP contribution in [-0.4, -0.2) is 34.8 Å². The Morgan fingerprint density at radius 2 is 1.90 bits per heavy atom. The lowest BCUT2D eigenvalue weighted by Gasteiger charge is -2.45. The number of carbonyl (C=O) groups is 2. The Bertz CT molecular complexity index is 403. The summed E-state index contributed by atoms with van der Waals surface area (Å²) in [6.07, 6.45) is 6.05. The van der Waals surface area contributed by atoms with Crippen LogP contribution in [0.2, 0.25) is 0 Å². The Morgan fingerprint density at radius 3 is 2.35 bits per heavy atom. The standard InChI is InChI=1S/C16H28N2O2/c1-5-8-16(9-10-16)11-18-12(6-2)13(19)17-15(4,7-3)14(18)20/h12H,5-11H2,1-4H3,(H,17,19). The highest BCUT2D eigenvalue weighted by Crippen LogP contribution is 2.50. The van der Waals surface area contributed by atoms with E-state index >= 15 is 0 Å². The van der Waals surface area contributed by atoms with Gasteiger partial charge in [0.25, 0.3) is 0 Å². The van der Waals surface area contributed by atoms with Crippen LogP contribution in [0.15, 0.2) is 0 Å². The molecular weight excluding hydrogens is 252 g/mol. The van der Waals surface area contributed by atoms with E-state index in [0.717, 1.165) is 19.4 Å². The number of nitrogens with one attached hydrogen (secondary N) is 1. The van der Waals surface area contributed by atoms with Crippen molar-refractivity contribution in [3.63, 3.8) is 0 Å². The van der Waals surface area contributed by atoms with Crippen molar-refractivity contribution in [1.82, 2.24) is 10.2 Å². The van der Waals surface area contributed by atoms with E-state index in [1.54, 1.807) is 0 Å². The van der Waals surface area contributed by atoms with Gasteiger partial charge in [0.15, 0.2) is 0 Å². The van der Waals surface area contributed by atoms with E-state index in [9.17, 15) is 9.59 Å². The average molecular weight is 280 g/mol. The molecule has 114 valence electrons. The number of nitrogens with zero attached hydrogens (tertiary/aromatic N) is 1. The van der Waals surface area contributed by atoms with Gasteiger partial charge in [0.05, 0.1) is 0 Å². The molecule has 1 aliphatic carbocycles. The summed E-state index contributed by atoms with van der Waals surface area (Å²) >= 11 is 0.